The number of hydrogen-bond acceptors (Lipinski definition) is 6. The molecule has 3 rings (SSSR count). The van der Waals surface area contributed by atoms with Gasteiger partial charge in [-0.25, -0.2) is 9.61 Å². The third-order valence-electron chi connectivity index (χ3n) is 3.02. The number of hydrogen-bond donors (Lipinski definition) is 1. The molecule has 0 bridgehead atoms. The smallest absolute Gasteiger partial charge is 0.226 e. The minimum Gasteiger partial charge on any atom is -0.396 e. The number of aryl methyl sites for hydroxylation is 1. The molecule has 3 aromatic heterocycles. The van der Waals surface area contributed by atoms with E-state index in [4.69, 9.17) is 17.3 Å². The number of rotatable bonds is 2. The lowest BCUT2D eigenvalue weighted by molar-refractivity contribution is 0.315. The van der Waals surface area contributed by atoms with Crippen molar-refractivity contribution in [3.05, 3.63) is 38.7 Å². The summed E-state index contributed by atoms with van der Waals surface area (Å²) in [7, 11) is 0. The van der Waals surface area contributed by atoms with Crippen LogP contribution in [0.4, 0.5) is 5.69 Å². The molecule has 3 heterocycles. The summed E-state index contributed by atoms with van der Waals surface area (Å²) in [5.74, 6) is 0. The number of nitrogens with two attached hydrogens (primary N) is 1. The van der Waals surface area contributed by atoms with Crippen LogP contribution in [0, 0.1) is 6.92 Å². The molecule has 0 saturated carbocycles. The Morgan fingerprint density at radius 2 is 2.20 bits per heavy atom. The van der Waals surface area contributed by atoms with Crippen LogP contribution in [0.25, 0.3) is 11.2 Å². The Morgan fingerprint density at radius 1 is 1.40 bits per heavy atom. The Kier molecular flexibility index (Phi) is 3.31. The highest BCUT2D eigenvalue weighted by Crippen LogP contribution is 2.30. The maximum absolute atomic E-state index is 6.23. The summed E-state index contributed by atoms with van der Waals surface area (Å²) < 4.78 is 5.45. The van der Waals surface area contributed by atoms with Gasteiger partial charge in [-0.05, 0) is 39.2 Å². The van der Waals surface area contributed by atoms with Crippen molar-refractivity contribution in [2.24, 2.45) is 0 Å². The first kappa shape index (κ1) is 13.3. The summed E-state index contributed by atoms with van der Waals surface area (Å²) in [4.78, 5) is 8.59. The molecule has 8 heteroatoms. The van der Waals surface area contributed by atoms with E-state index in [1.165, 1.54) is 0 Å². The second-order valence-electron chi connectivity index (χ2n) is 4.26. The Balaban J connectivity index is 2.13. The lowest BCUT2D eigenvalue weighted by Crippen LogP contribution is -2.04. The van der Waals surface area contributed by atoms with E-state index in [1.807, 2.05) is 6.92 Å². The van der Waals surface area contributed by atoms with Crippen molar-refractivity contribution in [1.82, 2.24) is 20.3 Å². The summed E-state index contributed by atoms with van der Waals surface area (Å²) in [6.07, 6.45) is 2.15. The van der Waals surface area contributed by atoms with Gasteiger partial charge in [0, 0.05) is 28.3 Å². The summed E-state index contributed by atoms with van der Waals surface area (Å²) in [5.41, 5.74) is 9.75. The van der Waals surface area contributed by atoms with Crippen LogP contribution in [0.1, 0.15) is 17.0 Å². The normalized spacial score (nSPS) is 11.2. The number of aromatic nitrogens is 4. The molecular formula is C12H9BrClN5O. The Labute approximate surface area is 127 Å². The zero-order valence-electron chi connectivity index (χ0n) is 10.4. The summed E-state index contributed by atoms with van der Waals surface area (Å²) in [6.45, 7) is 1.85. The molecule has 0 aliphatic heterocycles. The van der Waals surface area contributed by atoms with Gasteiger partial charge in [0.2, 0.25) is 5.65 Å². The topological polar surface area (TPSA) is 90.7 Å². The predicted octanol–water partition coefficient (Wildman–Crippen LogP) is 2.91. The highest BCUT2D eigenvalue weighted by atomic mass is 79.9. The van der Waals surface area contributed by atoms with E-state index in [9.17, 15) is 0 Å². The van der Waals surface area contributed by atoms with Crippen molar-refractivity contribution >= 4 is 44.4 Å². The first-order valence-corrected chi connectivity index (χ1v) is 6.91. The molecule has 0 atom stereocenters. The van der Waals surface area contributed by atoms with E-state index in [2.05, 4.69) is 40.8 Å². The molecule has 0 aliphatic carbocycles. The maximum atomic E-state index is 6.23. The Morgan fingerprint density at radius 3 is 3.00 bits per heavy atom. The van der Waals surface area contributed by atoms with Gasteiger partial charge in [0.1, 0.15) is 0 Å². The van der Waals surface area contributed by atoms with Gasteiger partial charge in [0.05, 0.1) is 16.4 Å². The van der Waals surface area contributed by atoms with Crippen molar-refractivity contribution in [3.63, 3.8) is 0 Å². The number of nitrogen functional groups attached to an aromatic ring is 1. The minimum atomic E-state index is 0.400. The summed E-state index contributed by atoms with van der Waals surface area (Å²) in [5, 5.41) is 8.02. The fourth-order valence-electron chi connectivity index (χ4n) is 1.97. The molecule has 0 saturated heterocycles. The lowest BCUT2D eigenvalue weighted by Gasteiger charge is -2.09. The first-order chi connectivity index (χ1) is 9.58. The highest BCUT2D eigenvalue weighted by Gasteiger charge is 2.16. The molecule has 6 nitrogen and oxygen atoms in total. The quantitative estimate of drug-likeness (QED) is 0.761. The average molecular weight is 355 g/mol. The Bertz CT molecular complexity index is 804. The molecule has 0 fully saturated rings. The average Bonchev–Trinajstić information content (AvgIpc) is 2.87. The number of pyridine rings is 2. The lowest BCUT2D eigenvalue weighted by atomic mass is 10.1. The van der Waals surface area contributed by atoms with Crippen LogP contribution in [-0.2, 0) is 6.42 Å². The molecule has 3 aromatic rings. The van der Waals surface area contributed by atoms with E-state index in [-0.39, 0.29) is 0 Å². The fraction of sp³-hybridized carbons (Fsp3) is 0.167. The van der Waals surface area contributed by atoms with Crippen molar-refractivity contribution < 1.29 is 4.63 Å². The molecule has 0 aromatic carbocycles. The van der Waals surface area contributed by atoms with Gasteiger partial charge in [-0.15, -0.1) is 0 Å². The van der Waals surface area contributed by atoms with Gasteiger partial charge in [0.15, 0.2) is 5.52 Å². The van der Waals surface area contributed by atoms with E-state index < -0.39 is 0 Å². The predicted molar refractivity (Wildman–Crippen MR) is 78.5 cm³/mol. The van der Waals surface area contributed by atoms with Crippen LogP contribution in [0.3, 0.4) is 0 Å². The second-order valence-corrected chi connectivity index (χ2v) is 5.49. The number of fused-ring (bicyclic) bond motifs is 1. The molecule has 0 unspecified atom stereocenters. The summed E-state index contributed by atoms with van der Waals surface area (Å²) in [6, 6.07) is 1.78. The van der Waals surface area contributed by atoms with Crippen molar-refractivity contribution in [3.8, 4) is 0 Å². The third kappa shape index (κ3) is 2.12. The zero-order chi connectivity index (χ0) is 14.3. The third-order valence-corrected chi connectivity index (χ3v) is 4.33. The molecule has 2 N–H and O–H groups in total. The zero-order valence-corrected chi connectivity index (χ0v) is 12.7. The van der Waals surface area contributed by atoms with Crippen LogP contribution >= 0.6 is 27.5 Å². The SMILES string of the molecule is Cc1nc2nonc2c(N)c1Cc1nccc(Br)c1Cl. The van der Waals surface area contributed by atoms with Gasteiger partial charge in [-0.1, -0.05) is 11.6 Å². The molecule has 0 spiro atoms. The number of nitrogens with zero attached hydrogens (tertiary/aromatic N) is 4. The molecule has 20 heavy (non-hydrogen) atoms. The fourth-order valence-corrected chi connectivity index (χ4v) is 2.49. The number of halogens is 2. The minimum absolute atomic E-state index is 0.400. The van der Waals surface area contributed by atoms with Crippen LogP contribution in [0.5, 0.6) is 0 Å². The second kappa shape index (κ2) is 4.99. The van der Waals surface area contributed by atoms with Gasteiger partial charge in [-0.2, -0.15) is 0 Å². The van der Waals surface area contributed by atoms with E-state index in [0.29, 0.717) is 34.0 Å². The molecular weight excluding hydrogens is 346 g/mol. The monoisotopic (exact) mass is 353 g/mol. The van der Waals surface area contributed by atoms with Crippen molar-refractivity contribution in [1.29, 1.82) is 0 Å². The van der Waals surface area contributed by atoms with Gasteiger partial charge in [-0.3, -0.25) is 4.98 Å². The molecule has 0 amide bonds. The van der Waals surface area contributed by atoms with E-state index in [1.54, 1.807) is 12.3 Å². The highest BCUT2D eigenvalue weighted by molar-refractivity contribution is 9.10. The van der Waals surface area contributed by atoms with E-state index >= 15 is 0 Å². The van der Waals surface area contributed by atoms with Crippen molar-refractivity contribution in [2.45, 2.75) is 13.3 Å². The molecule has 0 radical (unpaired) electrons. The first-order valence-electron chi connectivity index (χ1n) is 5.74. The molecule has 0 aliphatic rings. The Hall–Kier alpha value is -1.73. The maximum Gasteiger partial charge on any atom is 0.226 e. The number of anilines is 1. The van der Waals surface area contributed by atoms with Gasteiger partial charge < -0.3 is 5.73 Å². The van der Waals surface area contributed by atoms with Gasteiger partial charge >= 0.3 is 0 Å². The largest absolute Gasteiger partial charge is 0.396 e. The summed E-state index contributed by atoms with van der Waals surface area (Å²) >= 11 is 9.60. The van der Waals surface area contributed by atoms with Crippen LogP contribution in [0.2, 0.25) is 5.02 Å². The molecule has 102 valence electrons. The van der Waals surface area contributed by atoms with Crippen molar-refractivity contribution in [2.75, 3.05) is 5.73 Å². The van der Waals surface area contributed by atoms with Gasteiger partial charge in [0.25, 0.3) is 0 Å². The van der Waals surface area contributed by atoms with Crippen LogP contribution < -0.4 is 5.73 Å². The van der Waals surface area contributed by atoms with E-state index in [0.717, 1.165) is 15.7 Å². The van der Waals surface area contributed by atoms with Crippen LogP contribution in [-0.4, -0.2) is 20.3 Å². The van der Waals surface area contributed by atoms with Crippen LogP contribution in [0.15, 0.2) is 21.4 Å². The standard InChI is InChI=1S/C12H9BrClN5O/c1-5-6(4-8-9(14)7(13)2-3-16-8)10(15)11-12(17-5)19-20-18-11/h2-3H,4,15H2,1H3.